The Labute approximate surface area is 197 Å². The summed E-state index contributed by atoms with van der Waals surface area (Å²) in [5, 5.41) is 14.9. The van der Waals surface area contributed by atoms with Crippen molar-refractivity contribution in [3.8, 4) is 0 Å². The van der Waals surface area contributed by atoms with Gasteiger partial charge in [0.25, 0.3) is 0 Å². The van der Waals surface area contributed by atoms with Gasteiger partial charge in [-0.2, -0.15) is 0 Å². The average Bonchev–Trinajstić information content (AvgIpc) is 3.38. The maximum atomic E-state index is 12.8. The highest BCUT2D eigenvalue weighted by molar-refractivity contribution is 5.78. The van der Waals surface area contributed by atoms with Crippen LogP contribution in [-0.4, -0.2) is 69.6 Å². The Hall–Kier alpha value is -1.73. The van der Waals surface area contributed by atoms with E-state index in [2.05, 4.69) is 20.2 Å². The Morgan fingerprint density at radius 2 is 1.97 bits per heavy atom. The number of aromatic nitrogens is 2. The molecule has 6 rings (SSSR count). The van der Waals surface area contributed by atoms with Crippen LogP contribution >= 0.6 is 0 Å². The molecule has 0 radical (unpaired) electrons. The van der Waals surface area contributed by atoms with Gasteiger partial charge in [-0.3, -0.25) is 9.69 Å². The van der Waals surface area contributed by atoms with E-state index in [0.29, 0.717) is 19.6 Å². The number of nitrogens with zero attached hydrogens (tertiary/aromatic N) is 4. The SMILES string of the molecule is O=C(CN1CCCC1)N1CCc2c(ncnc2NCC(O)C23CC4CCCC(C2)C(C4)C3)C1. The maximum absolute atomic E-state index is 12.8. The molecule has 3 heterocycles. The number of aliphatic hydroxyl groups excluding tert-OH is 1. The Kier molecular flexibility index (Phi) is 5.81. The monoisotopic (exact) mass is 453 g/mol. The minimum absolute atomic E-state index is 0.109. The van der Waals surface area contributed by atoms with Crippen LogP contribution < -0.4 is 5.32 Å². The molecular formula is C26H39N5O2. The van der Waals surface area contributed by atoms with Gasteiger partial charge >= 0.3 is 0 Å². The predicted octanol–water partition coefficient (Wildman–Crippen LogP) is 2.84. The minimum atomic E-state index is -0.321. The van der Waals surface area contributed by atoms with Crippen molar-refractivity contribution in [3.05, 3.63) is 17.6 Å². The van der Waals surface area contributed by atoms with Gasteiger partial charge in [0, 0.05) is 18.7 Å². The summed E-state index contributed by atoms with van der Waals surface area (Å²) in [4.78, 5) is 26.0. The molecule has 7 nitrogen and oxygen atoms in total. The molecule has 5 atom stereocenters. The lowest BCUT2D eigenvalue weighted by molar-refractivity contribution is -0.133. The standard InChI is InChI=1S/C26H39N5O2/c32-23(26-11-18-4-3-5-19(12-26)20(10-18)13-26)14-27-25-21-6-9-31(15-22(21)28-17-29-25)24(33)16-30-7-1-2-8-30/h17-20,23,32H,1-16H2,(H,27,28,29). The zero-order chi connectivity index (χ0) is 22.4. The lowest BCUT2D eigenvalue weighted by Crippen LogP contribution is -2.43. The van der Waals surface area contributed by atoms with Crippen molar-refractivity contribution in [2.45, 2.75) is 76.9 Å². The van der Waals surface area contributed by atoms with E-state index in [-0.39, 0.29) is 17.4 Å². The van der Waals surface area contributed by atoms with Crippen LogP contribution in [0.3, 0.4) is 0 Å². The van der Waals surface area contributed by atoms with Crippen LogP contribution in [-0.2, 0) is 17.8 Å². The van der Waals surface area contributed by atoms with Gasteiger partial charge < -0.3 is 15.3 Å². The Morgan fingerprint density at radius 3 is 2.85 bits per heavy atom. The van der Waals surface area contributed by atoms with E-state index < -0.39 is 0 Å². The fourth-order valence-corrected chi connectivity index (χ4v) is 7.99. The summed E-state index contributed by atoms with van der Waals surface area (Å²) in [6.07, 6.45) is 13.6. The lowest BCUT2D eigenvalue weighted by atomic mass is 9.66. The number of fused-ring (bicyclic) bond motifs is 3. The molecule has 4 fully saturated rings. The molecule has 7 heteroatoms. The van der Waals surface area contributed by atoms with Gasteiger partial charge in [-0.25, -0.2) is 9.97 Å². The summed E-state index contributed by atoms with van der Waals surface area (Å²) in [6.45, 7) is 4.46. The number of aliphatic hydroxyl groups is 1. The normalized spacial score (nSPS) is 34.2. The number of hydrogen-bond acceptors (Lipinski definition) is 6. The van der Waals surface area contributed by atoms with Gasteiger partial charge in [0.15, 0.2) is 0 Å². The second kappa shape index (κ2) is 8.81. The van der Waals surface area contributed by atoms with Crippen LogP contribution in [0.15, 0.2) is 6.33 Å². The third-order valence-corrected chi connectivity index (χ3v) is 9.61. The van der Waals surface area contributed by atoms with E-state index in [4.69, 9.17) is 0 Å². The van der Waals surface area contributed by atoms with Crippen molar-refractivity contribution in [1.82, 2.24) is 19.8 Å². The first-order chi connectivity index (χ1) is 16.1. The van der Waals surface area contributed by atoms with Crippen LogP contribution in [0.1, 0.15) is 69.0 Å². The molecule has 1 aromatic rings. The van der Waals surface area contributed by atoms with Crippen molar-refractivity contribution in [2.24, 2.45) is 23.2 Å². The van der Waals surface area contributed by atoms with Gasteiger partial charge in [0.2, 0.25) is 5.91 Å². The molecule has 3 saturated carbocycles. The Balaban J connectivity index is 1.09. The molecule has 1 amide bonds. The van der Waals surface area contributed by atoms with Crippen LogP contribution in [0, 0.1) is 23.2 Å². The molecule has 180 valence electrons. The minimum Gasteiger partial charge on any atom is -0.391 e. The highest BCUT2D eigenvalue weighted by atomic mass is 16.3. The maximum Gasteiger partial charge on any atom is 0.237 e. The van der Waals surface area contributed by atoms with Crippen LogP contribution in [0.4, 0.5) is 5.82 Å². The van der Waals surface area contributed by atoms with Crippen molar-refractivity contribution >= 4 is 11.7 Å². The second-order valence-electron chi connectivity index (χ2n) is 11.6. The summed E-state index contributed by atoms with van der Waals surface area (Å²) in [7, 11) is 0. The molecule has 5 aliphatic rings. The number of carbonyl (C=O) groups is 1. The first kappa shape index (κ1) is 21.8. The summed E-state index contributed by atoms with van der Waals surface area (Å²) >= 11 is 0. The van der Waals surface area contributed by atoms with E-state index >= 15 is 0 Å². The molecule has 33 heavy (non-hydrogen) atoms. The van der Waals surface area contributed by atoms with Gasteiger partial charge in [-0.15, -0.1) is 0 Å². The van der Waals surface area contributed by atoms with E-state index in [1.165, 1.54) is 57.8 Å². The highest BCUT2D eigenvalue weighted by Crippen LogP contribution is 2.61. The van der Waals surface area contributed by atoms with E-state index in [1.807, 2.05) is 4.90 Å². The smallest absolute Gasteiger partial charge is 0.237 e. The zero-order valence-corrected chi connectivity index (χ0v) is 19.8. The predicted molar refractivity (Wildman–Crippen MR) is 127 cm³/mol. The largest absolute Gasteiger partial charge is 0.391 e. The number of rotatable bonds is 6. The summed E-state index contributed by atoms with van der Waals surface area (Å²) in [5.41, 5.74) is 2.18. The summed E-state index contributed by atoms with van der Waals surface area (Å²) in [6, 6.07) is 0. The topological polar surface area (TPSA) is 81.6 Å². The molecule has 3 bridgehead atoms. The number of anilines is 1. The van der Waals surface area contributed by atoms with Crippen molar-refractivity contribution in [1.29, 1.82) is 0 Å². The third-order valence-electron chi connectivity index (χ3n) is 9.61. The number of nitrogens with one attached hydrogen (secondary N) is 1. The lowest BCUT2D eigenvalue weighted by Gasteiger charge is -2.41. The van der Waals surface area contributed by atoms with Crippen LogP contribution in [0.25, 0.3) is 0 Å². The zero-order valence-electron chi connectivity index (χ0n) is 19.8. The quantitative estimate of drug-likeness (QED) is 0.689. The van der Waals surface area contributed by atoms with E-state index in [0.717, 1.165) is 60.9 Å². The first-order valence-corrected chi connectivity index (χ1v) is 13.3. The molecule has 0 aromatic carbocycles. The van der Waals surface area contributed by atoms with Gasteiger partial charge in [0.05, 0.1) is 24.9 Å². The average molecular weight is 454 g/mol. The van der Waals surface area contributed by atoms with Crippen molar-refractivity contribution in [3.63, 3.8) is 0 Å². The number of hydrogen-bond donors (Lipinski definition) is 2. The number of likely N-dealkylation sites (tertiary alicyclic amines) is 1. The highest BCUT2D eigenvalue weighted by Gasteiger charge is 2.54. The molecule has 2 N–H and O–H groups in total. The molecule has 0 spiro atoms. The first-order valence-electron chi connectivity index (χ1n) is 13.3. The van der Waals surface area contributed by atoms with Crippen LogP contribution in [0.2, 0.25) is 0 Å². The number of amides is 1. The second-order valence-corrected chi connectivity index (χ2v) is 11.6. The van der Waals surface area contributed by atoms with Gasteiger partial charge in [0.1, 0.15) is 12.1 Å². The molecule has 3 aliphatic carbocycles. The fraction of sp³-hybridized carbons (Fsp3) is 0.808. The van der Waals surface area contributed by atoms with Gasteiger partial charge in [-0.1, -0.05) is 19.3 Å². The molecular weight excluding hydrogens is 414 g/mol. The van der Waals surface area contributed by atoms with Gasteiger partial charge in [-0.05, 0) is 81.2 Å². The molecule has 2 aliphatic heterocycles. The molecule has 5 unspecified atom stereocenters. The van der Waals surface area contributed by atoms with E-state index in [9.17, 15) is 9.90 Å². The fourth-order valence-electron chi connectivity index (χ4n) is 7.99. The summed E-state index contributed by atoms with van der Waals surface area (Å²) in [5.74, 6) is 3.57. The van der Waals surface area contributed by atoms with E-state index in [1.54, 1.807) is 6.33 Å². The Bertz CT molecular complexity index is 883. The molecule has 1 saturated heterocycles. The Morgan fingerprint density at radius 1 is 1.12 bits per heavy atom. The summed E-state index contributed by atoms with van der Waals surface area (Å²) < 4.78 is 0. The number of carbonyl (C=O) groups excluding carboxylic acids is 1. The van der Waals surface area contributed by atoms with Crippen LogP contribution in [0.5, 0.6) is 0 Å². The van der Waals surface area contributed by atoms with Crippen molar-refractivity contribution in [2.75, 3.05) is 38.0 Å². The molecule has 1 aromatic heterocycles. The third kappa shape index (κ3) is 4.16. The van der Waals surface area contributed by atoms with Crippen molar-refractivity contribution < 1.29 is 9.90 Å².